The second-order valence-corrected chi connectivity index (χ2v) is 9.36. The van der Waals surface area contributed by atoms with Crippen LogP contribution >= 0.6 is 0 Å². The maximum absolute atomic E-state index is 12.8. The normalized spacial score (nSPS) is 16.7. The zero-order chi connectivity index (χ0) is 21.9. The van der Waals surface area contributed by atoms with E-state index in [4.69, 9.17) is 0 Å². The lowest BCUT2D eigenvalue weighted by molar-refractivity contribution is 0.0940. The van der Waals surface area contributed by atoms with Gasteiger partial charge < -0.3 is 5.32 Å². The van der Waals surface area contributed by atoms with Gasteiger partial charge in [0, 0.05) is 25.2 Å². The number of benzene rings is 3. The van der Waals surface area contributed by atoms with E-state index in [0.29, 0.717) is 0 Å². The van der Waals surface area contributed by atoms with Crippen molar-refractivity contribution in [2.45, 2.75) is 58.2 Å². The first-order chi connectivity index (χ1) is 15.7. The Bertz CT molecular complexity index is 1100. The minimum Gasteiger partial charge on any atom is -0.346 e. The van der Waals surface area contributed by atoms with Crippen LogP contribution in [0.3, 0.4) is 0 Å². The molecule has 3 aromatic carbocycles. The van der Waals surface area contributed by atoms with Crippen molar-refractivity contribution in [1.29, 1.82) is 0 Å². The molecular weight excluding hydrogens is 392 g/mol. The Labute approximate surface area is 191 Å². The molecule has 1 aliphatic carbocycles. The lowest BCUT2D eigenvalue weighted by Crippen LogP contribution is -2.30. The zero-order valence-electron chi connectivity index (χ0n) is 18.9. The molecule has 32 heavy (non-hydrogen) atoms. The highest BCUT2D eigenvalue weighted by Gasteiger charge is 2.17. The summed E-state index contributed by atoms with van der Waals surface area (Å²) < 4.78 is 0. The second-order valence-electron chi connectivity index (χ2n) is 9.36. The Morgan fingerprint density at radius 2 is 1.59 bits per heavy atom. The summed E-state index contributed by atoms with van der Waals surface area (Å²) in [5.74, 6) is -0.00586. The highest BCUT2D eigenvalue weighted by atomic mass is 16.1. The van der Waals surface area contributed by atoms with Gasteiger partial charge >= 0.3 is 0 Å². The average Bonchev–Trinajstić information content (AvgIpc) is 2.84. The largest absolute Gasteiger partial charge is 0.346 e. The van der Waals surface area contributed by atoms with Crippen LogP contribution in [0, 0.1) is 0 Å². The van der Waals surface area contributed by atoms with Crippen molar-refractivity contribution in [3.63, 3.8) is 0 Å². The predicted molar refractivity (Wildman–Crippen MR) is 130 cm³/mol. The molecule has 1 heterocycles. The number of aryl methyl sites for hydroxylation is 2. The van der Waals surface area contributed by atoms with Crippen molar-refractivity contribution in [2.24, 2.45) is 0 Å². The molecule has 0 radical (unpaired) electrons. The van der Waals surface area contributed by atoms with Crippen molar-refractivity contribution < 1.29 is 4.79 Å². The second kappa shape index (κ2) is 9.30. The first-order valence-electron chi connectivity index (χ1n) is 12.0. The molecule has 0 saturated heterocycles. The lowest BCUT2D eigenvalue weighted by atomic mass is 9.89. The fourth-order valence-electron chi connectivity index (χ4n) is 5.09. The van der Waals surface area contributed by atoms with Crippen molar-refractivity contribution in [3.05, 3.63) is 106 Å². The van der Waals surface area contributed by atoms with Gasteiger partial charge in [0.15, 0.2) is 0 Å². The Balaban J connectivity index is 1.19. The van der Waals surface area contributed by atoms with E-state index in [1.54, 1.807) is 0 Å². The number of nitrogens with zero attached hydrogens (tertiary/aromatic N) is 1. The number of carbonyl (C=O) groups is 1. The van der Waals surface area contributed by atoms with Crippen LogP contribution in [0.4, 0.5) is 0 Å². The number of hydrogen-bond donors (Lipinski definition) is 1. The highest BCUT2D eigenvalue weighted by Crippen LogP contribution is 2.25. The van der Waals surface area contributed by atoms with E-state index >= 15 is 0 Å². The van der Waals surface area contributed by atoms with E-state index in [9.17, 15) is 4.79 Å². The molecule has 5 rings (SSSR count). The molecule has 1 atom stereocenters. The molecule has 3 nitrogen and oxygen atoms in total. The van der Waals surface area contributed by atoms with Crippen LogP contribution in [0.5, 0.6) is 0 Å². The van der Waals surface area contributed by atoms with Gasteiger partial charge in [0.2, 0.25) is 0 Å². The molecule has 164 valence electrons. The maximum atomic E-state index is 12.8. The molecule has 0 bridgehead atoms. The molecule has 3 heteroatoms. The third-order valence-electron chi connectivity index (χ3n) is 7.05. The summed E-state index contributed by atoms with van der Waals surface area (Å²) in [7, 11) is 0. The minimum absolute atomic E-state index is 0.00261. The van der Waals surface area contributed by atoms with Crippen molar-refractivity contribution >= 4 is 5.91 Å². The predicted octanol–water partition coefficient (Wildman–Crippen LogP) is 5.61. The molecule has 0 saturated carbocycles. The smallest absolute Gasteiger partial charge is 0.251 e. The van der Waals surface area contributed by atoms with E-state index < -0.39 is 0 Å². The van der Waals surface area contributed by atoms with Crippen LogP contribution in [0.25, 0.3) is 0 Å². The molecule has 0 unspecified atom stereocenters. The van der Waals surface area contributed by atoms with E-state index in [2.05, 4.69) is 71.7 Å². The fourth-order valence-corrected chi connectivity index (χ4v) is 5.09. The molecule has 1 aliphatic heterocycles. The quantitative estimate of drug-likeness (QED) is 0.577. The van der Waals surface area contributed by atoms with Gasteiger partial charge in [-0.1, -0.05) is 54.6 Å². The highest BCUT2D eigenvalue weighted by molar-refractivity contribution is 5.94. The van der Waals surface area contributed by atoms with Crippen molar-refractivity contribution in [3.8, 4) is 0 Å². The minimum atomic E-state index is -0.00586. The van der Waals surface area contributed by atoms with Gasteiger partial charge in [0.25, 0.3) is 5.91 Å². The molecule has 2 aliphatic rings. The third-order valence-corrected chi connectivity index (χ3v) is 7.05. The summed E-state index contributed by atoms with van der Waals surface area (Å²) in [6, 6.07) is 23.6. The van der Waals surface area contributed by atoms with Crippen LogP contribution in [0.15, 0.2) is 66.7 Å². The standard InChI is InChI=1S/C29H32N2O/c1-21(26-15-14-23-6-2-4-8-27(23)18-26)30-29(32)25-12-10-22(11-13-25)19-31-17-16-24-7-3-5-9-28(24)20-31/h3,5,7,9-15,18,21H,2,4,6,8,16-17,19-20H2,1H3,(H,30,32)/t21-/m0/s1. The molecular formula is C29H32N2O. The number of nitrogens with one attached hydrogen (secondary N) is 1. The first-order valence-corrected chi connectivity index (χ1v) is 12.0. The summed E-state index contributed by atoms with van der Waals surface area (Å²) in [6.07, 6.45) is 6.02. The van der Waals surface area contributed by atoms with Gasteiger partial charge in [-0.25, -0.2) is 0 Å². The van der Waals surface area contributed by atoms with Crippen LogP contribution in [-0.4, -0.2) is 17.4 Å². The monoisotopic (exact) mass is 424 g/mol. The van der Waals surface area contributed by atoms with Gasteiger partial charge in [0.1, 0.15) is 0 Å². The molecule has 0 spiro atoms. The number of amides is 1. The number of fused-ring (bicyclic) bond motifs is 2. The number of carbonyl (C=O) groups excluding carboxylic acids is 1. The number of hydrogen-bond acceptors (Lipinski definition) is 2. The summed E-state index contributed by atoms with van der Waals surface area (Å²) in [5.41, 5.74) is 9.02. The van der Waals surface area contributed by atoms with E-state index in [-0.39, 0.29) is 11.9 Å². The van der Waals surface area contributed by atoms with Crippen LogP contribution in [0.1, 0.15) is 69.5 Å². The van der Waals surface area contributed by atoms with E-state index in [0.717, 1.165) is 38.0 Å². The van der Waals surface area contributed by atoms with Gasteiger partial charge in [-0.3, -0.25) is 9.69 Å². The molecule has 3 aromatic rings. The van der Waals surface area contributed by atoms with Gasteiger partial charge in [-0.05, 0) is 84.5 Å². The summed E-state index contributed by atoms with van der Waals surface area (Å²) in [5, 5.41) is 3.18. The lowest BCUT2D eigenvalue weighted by Gasteiger charge is -2.28. The SMILES string of the molecule is C[C@H](NC(=O)c1ccc(CN2CCc3ccccc3C2)cc1)c1ccc2c(c1)CCCC2. The average molecular weight is 425 g/mol. The van der Waals surface area contributed by atoms with Crippen LogP contribution in [-0.2, 0) is 32.4 Å². The topological polar surface area (TPSA) is 32.3 Å². The Kier molecular flexibility index (Phi) is 6.09. The van der Waals surface area contributed by atoms with Crippen LogP contribution < -0.4 is 5.32 Å². The van der Waals surface area contributed by atoms with Crippen molar-refractivity contribution in [1.82, 2.24) is 10.2 Å². The van der Waals surface area contributed by atoms with Gasteiger partial charge in [0.05, 0.1) is 6.04 Å². The Morgan fingerprint density at radius 3 is 2.41 bits per heavy atom. The third kappa shape index (κ3) is 4.63. The van der Waals surface area contributed by atoms with Gasteiger partial charge in [-0.15, -0.1) is 0 Å². The fraction of sp³-hybridized carbons (Fsp3) is 0.345. The molecule has 0 fully saturated rings. The summed E-state index contributed by atoms with van der Waals surface area (Å²) >= 11 is 0. The Hall–Kier alpha value is -2.91. The van der Waals surface area contributed by atoms with Crippen LogP contribution in [0.2, 0.25) is 0 Å². The summed E-state index contributed by atoms with van der Waals surface area (Å²) in [6.45, 7) is 5.07. The zero-order valence-corrected chi connectivity index (χ0v) is 18.9. The summed E-state index contributed by atoms with van der Waals surface area (Å²) in [4.78, 5) is 15.3. The maximum Gasteiger partial charge on any atom is 0.251 e. The first kappa shape index (κ1) is 21.0. The van der Waals surface area contributed by atoms with Gasteiger partial charge in [-0.2, -0.15) is 0 Å². The molecule has 1 amide bonds. The van der Waals surface area contributed by atoms with Crippen molar-refractivity contribution in [2.75, 3.05) is 6.54 Å². The Morgan fingerprint density at radius 1 is 0.875 bits per heavy atom. The van der Waals surface area contributed by atoms with E-state index in [1.807, 2.05) is 12.1 Å². The number of rotatable bonds is 5. The molecule has 1 N–H and O–H groups in total. The molecule has 0 aromatic heterocycles. The van der Waals surface area contributed by atoms with E-state index in [1.165, 1.54) is 52.6 Å².